The largest absolute Gasteiger partial charge is 0.381 e. The third-order valence-corrected chi connectivity index (χ3v) is 5.70. The first-order chi connectivity index (χ1) is 13.1. The van der Waals surface area contributed by atoms with E-state index >= 15 is 0 Å². The van der Waals surface area contributed by atoms with Crippen LogP contribution >= 0.6 is 0 Å². The molecule has 144 valence electrons. The van der Waals surface area contributed by atoms with Crippen molar-refractivity contribution in [2.24, 2.45) is 11.3 Å². The normalized spacial score (nSPS) is 21.9. The maximum atomic E-state index is 13.0. The van der Waals surface area contributed by atoms with Gasteiger partial charge in [0, 0.05) is 56.6 Å². The Morgan fingerprint density at radius 1 is 1.30 bits per heavy atom. The number of rotatable bonds is 4. The summed E-state index contributed by atoms with van der Waals surface area (Å²) in [5.74, 6) is 1.77. The quantitative estimate of drug-likeness (QED) is 0.815. The van der Waals surface area contributed by atoms with E-state index in [4.69, 9.17) is 4.74 Å². The smallest absolute Gasteiger partial charge is 0.291 e. The molecule has 4 rings (SSSR count). The summed E-state index contributed by atoms with van der Waals surface area (Å²) in [6.07, 6.45) is 6.87. The van der Waals surface area contributed by atoms with Gasteiger partial charge in [0.15, 0.2) is 0 Å². The maximum absolute atomic E-state index is 13.0. The van der Waals surface area contributed by atoms with Crippen molar-refractivity contribution in [2.75, 3.05) is 26.3 Å². The lowest BCUT2D eigenvalue weighted by molar-refractivity contribution is 0.0106. The molecular formula is C19H26N6O2. The molecule has 1 amide bonds. The monoisotopic (exact) mass is 370 g/mol. The molecular weight excluding hydrogens is 344 g/mol. The van der Waals surface area contributed by atoms with Gasteiger partial charge in [0.1, 0.15) is 12.2 Å². The average molecular weight is 370 g/mol. The van der Waals surface area contributed by atoms with Gasteiger partial charge in [-0.3, -0.25) is 4.79 Å². The second-order valence-electron chi connectivity index (χ2n) is 8.02. The van der Waals surface area contributed by atoms with Gasteiger partial charge in [-0.1, -0.05) is 13.8 Å². The van der Waals surface area contributed by atoms with Crippen LogP contribution in [0.15, 0.2) is 24.8 Å². The van der Waals surface area contributed by atoms with Gasteiger partial charge in [-0.2, -0.15) is 0 Å². The van der Waals surface area contributed by atoms with Crippen LogP contribution in [0.4, 0.5) is 0 Å². The number of nitrogens with zero attached hydrogens (tertiary/aromatic N) is 6. The highest BCUT2D eigenvalue weighted by molar-refractivity contribution is 5.90. The standard InChI is InChI=1S/C19H26N6O2/c1-14(2)10-25-13-22-23-17(25)15-11-24(12-19(15)4-8-27-9-5-19)18(26)16-20-6-3-7-21-16/h3,6-7,13-15H,4-5,8-12H2,1-2H3. The van der Waals surface area contributed by atoms with Gasteiger partial charge in [-0.15, -0.1) is 10.2 Å². The van der Waals surface area contributed by atoms with Crippen molar-refractivity contribution in [1.82, 2.24) is 29.6 Å². The van der Waals surface area contributed by atoms with Crippen LogP contribution < -0.4 is 0 Å². The van der Waals surface area contributed by atoms with Crippen LogP contribution in [0.1, 0.15) is 49.1 Å². The Kier molecular flexibility index (Phi) is 4.90. The minimum absolute atomic E-state index is 0.0234. The van der Waals surface area contributed by atoms with E-state index in [1.54, 1.807) is 18.5 Å². The Labute approximate surface area is 159 Å². The topological polar surface area (TPSA) is 86.0 Å². The predicted molar refractivity (Wildman–Crippen MR) is 98.0 cm³/mol. The summed E-state index contributed by atoms with van der Waals surface area (Å²) in [6, 6.07) is 1.72. The zero-order valence-corrected chi connectivity index (χ0v) is 15.9. The molecule has 2 aliphatic heterocycles. The van der Waals surface area contributed by atoms with Crippen molar-refractivity contribution in [3.8, 4) is 0 Å². The molecule has 0 bridgehead atoms. The number of amides is 1. The molecule has 4 heterocycles. The zero-order valence-electron chi connectivity index (χ0n) is 15.9. The molecule has 2 aromatic heterocycles. The van der Waals surface area contributed by atoms with Crippen LogP contribution in [-0.2, 0) is 11.3 Å². The lowest BCUT2D eigenvalue weighted by Crippen LogP contribution is -2.38. The van der Waals surface area contributed by atoms with Crippen molar-refractivity contribution in [3.05, 3.63) is 36.4 Å². The molecule has 0 aromatic carbocycles. The SMILES string of the molecule is CC(C)Cn1cnnc1C1CN(C(=O)c2ncccn2)CC12CCOCC2. The predicted octanol–water partition coefficient (Wildman–Crippen LogP) is 1.76. The number of hydrogen-bond acceptors (Lipinski definition) is 6. The van der Waals surface area contributed by atoms with Gasteiger partial charge in [0.25, 0.3) is 5.91 Å². The molecule has 2 aromatic rings. The van der Waals surface area contributed by atoms with Gasteiger partial charge >= 0.3 is 0 Å². The number of aromatic nitrogens is 5. The van der Waals surface area contributed by atoms with Crippen LogP contribution in [0.25, 0.3) is 0 Å². The Morgan fingerprint density at radius 3 is 2.74 bits per heavy atom. The first kappa shape index (κ1) is 18.0. The summed E-state index contributed by atoms with van der Waals surface area (Å²) < 4.78 is 7.78. The lowest BCUT2D eigenvalue weighted by Gasteiger charge is -2.37. The van der Waals surface area contributed by atoms with E-state index in [0.29, 0.717) is 19.0 Å². The van der Waals surface area contributed by atoms with Crippen molar-refractivity contribution < 1.29 is 9.53 Å². The van der Waals surface area contributed by atoms with Crippen LogP contribution in [0.2, 0.25) is 0 Å². The molecule has 2 fully saturated rings. The molecule has 1 spiro atoms. The van der Waals surface area contributed by atoms with Crippen LogP contribution in [0.3, 0.4) is 0 Å². The van der Waals surface area contributed by atoms with Gasteiger partial charge < -0.3 is 14.2 Å². The Bertz CT molecular complexity index is 785. The second kappa shape index (κ2) is 7.34. The molecule has 8 heteroatoms. The fraction of sp³-hybridized carbons (Fsp3) is 0.632. The van der Waals surface area contributed by atoms with Gasteiger partial charge in [-0.25, -0.2) is 9.97 Å². The zero-order chi connectivity index (χ0) is 18.9. The van der Waals surface area contributed by atoms with E-state index < -0.39 is 0 Å². The van der Waals surface area contributed by atoms with E-state index in [-0.39, 0.29) is 23.1 Å². The van der Waals surface area contributed by atoms with Gasteiger partial charge in [-0.05, 0) is 24.8 Å². The average Bonchev–Trinajstić information content (AvgIpc) is 3.26. The summed E-state index contributed by atoms with van der Waals surface area (Å²) in [6.45, 7) is 8.00. The molecule has 2 aliphatic rings. The van der Waals surface area contributed by atoms with E-state index in [2.05, 4.69) is 38.6 Å². The third kappa shape index (κ3) is 3.45. The molecule has 2 saturated heterocycles. The number of ether oxygens (including phenoxy) is 1. The van der Waals surface area contributed by atoms with E-state index in [9.17, 15) is 4.79 Å². The molecule has 8 nitrogen and oxygen atoms in total. The minimum Gasteiger partial charge on any atom is -0.381 e. The van der Waals surface area contributed by atoms with Crippen molar-refractivity contribution in [2.45, 2.75) is 39.2 Å². The lowest BCUT2D eigenvalue weighted by atomic mass is 9.71. The fourth-order valence-electron chi connectivity index (χ4n) is 4.38. The number of likely N-dealkylation sites (tertiary alicyclic amines) is 1. The molecule has 0 N–H and O–H groups in total. The molecule has 0 radical (unpaired) electrons. The van der Waals surface area contributed by atoms with Crippen LogP contribution in [0.5, 0.6) is 0 Å². The highest BCUT2D eigenvalue weighted by atomic mass is 16.5. The molecule has 1 atom stereocenters. The Morgan fingerprint density at radius 2 is 2.04 bits per heavy atom. The van der Waals surface area contributed by atoms with E-state index in [0.717, 1.165) is 38.4 Å². The van der Waals surface area contributed by atoms with Gasteiger partial charge in [0.05, 0.1) is 0 Å². The first-order valence-corrected chi connectivity index (χ1v) is 9.61. The number of carbonyl (C=O) groups is 1. The van der Waals surface area contributed by atoms with Crippen molar-refractivity contribution >= 4 is 5.91 Å². The summed E-state index contributed by atoms with van der Waals surface area (Å²) in [5.41, 5.74) is -0.0234. The summed E-state index contributed by atoms with van der Waals surface area (Å²) >= 11 is 0. The summed E-state index contributed by atoms with van der Waals surface area (Å²) in [7, 11) is 0. The minimum atomic E-state index is -0.112. The van der Waals surface area contributed by atoms with Crippen molar-refractivity contribution in [3.63, 3.8) is 0 Å². The van der Waals surface area contributed by atoms with Crippen LogP contribution in [-0.4, -0.2) is 61.8 Å². The third-order valence-electron chi connectivity index (χ3n) is 5.70. The Balaban J connectivity index is 1.65. The fourth-order valence-corrected chi connectivity index (χ4v) is 4.38. The van der Waals surface area contributed by atoms with Crippen LogP contribution in [0, 0.1) is 11.3 Å². The molecule has 0 saturated carbocycles. The molecule has 0 aliphatic carbocycles. The van der Waals surface area contributed by atoms with Crippen molar-refractivity contribution in [1.29, 1.82) is 0 Å². The summed E-state index contributed by atoms with van der Waals surface area (Å²) in [4.78, 5) is 23.1. The first-order valence-electron chi connectivity index (χ1n) is 9.61. The van der Waals surface area contributed by atoms with Gasteiger partial charge in [0.2, 0.25) is 5.82 Å². The summed E-state index contributed by atoms with van der Waals surface area (Å²) in [5, 5.41) is 8.65. The van der Waals surface area contributed by atoms with E-state index in [1.165, 1.54) is 0 Å². The number of carbonyl (C=O) groups excluding carboxylic acids is 1. The second-order valence-corrected chi connectivity index (χ2v) is 8.02. The maximum Gasteiger partial charge on any atom is 0.291 e. The number of hydrogen-bond donors (Lipinski definition) is 0. The highest BCUT2D eigenvalue weighted by Crippen LogP contribution is 2.49. The Hall–Kier alpha value is -2.35. The molecule has 27 heavy (non-hydrogen) atoms. The van der Waals surface area contributed by atoms with E-state index in [1.807, 2.05) is 11.2 Å². The molecule has 1 unspecified atom stereocenters. The highest BCUT2D eigenvalue weighted by Gasteiger charge is 2.51.